The fourth-order valence-corrected chi connectivity index (χ4v) is 2.03. The first-order chi connectivity index (χ1) is 10.2. The monoisotopic (exact) mass is 280 g/mol. The molecule has 0 aliphatic heterocycles. The van der Waals surface area contributed by atoms with Crippen LogP contribution >= 0.6 is 0 Å². The molecular formula is C17H16N2O2. The fraction of sp³-hybridized carbons (Fsp3) is 0.176. The second-order valence-electron chi connectivity index (χ2n) is 4.72. The molecule has 106 valence electrons. The highest BCUT2D eigenvalue weighted by Gasteiger charge is 2.08. The topological polar surface area (TPSA) is 65.6 Å². The second kappa shape index (κ2) is 6.58. The third-order valence-corrected chi connectivity index (χ3v) is 3.28. The van der Waals surface area contributed by atoms with Crippen LogP contribution < -0.4 is 4.74 Å². The molecule has 0 amide bonds. The number of ether oxygens (including phenoxy) is 1. The Kier molecular flexibility index (Phi) is 4.57. The van der Waals surface area contributed by atoms with Gasteiger partial charge in [0.1, 0.15) is 12.4 Å². The van der Waals surface area contributed by atoms with Crippen LogP contribution in [-0.2, 0) is 6.61 Å². The van der Waals surface area contributed by atoms with E-state index in [1.165, 1.54) is 0 Å². The van der Waals surface area contributed by atoms with Crippen LogP contribution in [0.1, 0.15) is 29.2 Å². The van der Waals surface area contributed by atoms with E-state index in [2.05, 4.69) is 11.2 Å². The van der Waals surface area contributed by atoms with Crippen LogP contribution in [0.3, 0.4) is 0 Å². The van der Waals surface area contributed by atoms with E-state index in [-0.39, 0.29) is 0 Å². The average Bonchev–Trinajstić information content (AvgIpc) is 2.53. The summed E-state index contributed by atoms with van der Waals surface area (Å²) in [5, 5.41) is 21.0. The summed E-state index contributed by atoms with van der Waals surface area (Å²) in [4.78, 5) is 0. The summed E-state index contributed by atoms with van der Waals surface area (Å²) in [6.07, 6.45) is 0. The van der Waals surface area contributed by atoms with E-state index in [1.807, 2.05) is 43.3 Å². The normalized spacial score (nSPS) is 11.0. The molecule has 0 fully saturated rings. The number of para-hydroxylation sites is 1. The Hall–Kier alpha value is -2.80. The number of rotatable bonds is 4. The molecule has 0 radical (unpaired) electrons. The maximum Gasteiger partial charge on any atom is 0.128 e. The van der Waals surface area contributed by atoms with Crippen LogP contribution in [0.15, 0.2) is 47.6 Å². The molecule has 4 nitrogen and oxygen atoms in total. The Balaban J connectivity index is 2.20. The van der Waals surface area contributed by atoms with Gasteiger partial charge in [-0.1, -0.05) is 23.4 Å². The lowest BCUT2D eigenvalue weighted by molar-refractivity contribution is 0.302. The van der Waals surface area contributed by atoms with Crippen molar-refractivity contribution in [1.29, 1.82) is 5.26 Å². The van der Waals surface area contributed by atoms with Gasteiger partial charge < -0.3 is 9.94 Å². The summed E-state index contributed by atoms with van der Waals surface area (Å²) in [6.45, 7) is 4.06. The Bertz CT molecular complexity index is 715. The highest BCUT2D eigenvalue weighted by atomic mass is 16.5. The number of nitriles is 1. The van der Waals surface area contributed by atoms with Gasteiger partial charge in [-0.05, 0) is 49.2 Å². The minimum absolute atomic E-state index is 0.396. The lowest BCUT2D eigenvalue weighted by Crippen LogP contribution is -2.03. The van der Waals surface area contributed by atoms with Crippen LogP contribution in [0, 0.1) is 18.3 Å². The first-order valence-electron chi connectivity index (χ1n) is 6.56. The van der Waals surface area contributed by atoms with E-state index in [0.717, 1.165) is 16.7 Å². The summed E-state index contributed by atoms with van der Waals surface area (Å²) in [6, 6.07) is 15.0. The number of benzene rings is 2. The third kappa shape index (κ3) is 3.40. The van der Waals surface area contributed by atoms with Crippen molar-refractivity contribution in [2.75, 3.05) is 0 Å². The molecule has 2 aromatic rings. The molecule has 0 heterocycles. The predicted molar refractivity (Wildman–Crippen MR) is 80.7 cm³/mol. The zero-order valence-electron chi connectivity index (χ0n) is 12.0. The molecule has 0 spiro atoms. The molecule has 0 aromatic heterocycles. The SMILES string of the molecule is C/C(=N/O)c1ccccc1OCc1ccc(C#N)cc1C. The van der Waals surface area contributed by atoms with E-state index < -0.39 is 0 Å². The molecule has 1 N–H and O–H groups in total. The van der Waals surface area contributed by atoms with E-state index in [0.29, 0.717) is 23.6 Å². The molecule has 4 heteroatoms. The van der Waals surface area contributed by atoms with Gasteiger partial charge in [0, 0.05) is 5.56 Å². The van der Waals surface area contributed by atoms with E-state index in [4.69, 9.17) is 15.2 Å². The highest BCUT2D eigenvalue weighted by Crippen LogP contribution is 2.21. The van der Waals surface area contributed by atoms with Crippen molar-refractivity contribution in [3.63, 3.8) is 0 Å². The van der Waals surface area contributed by atoms with Gasteiger partial charge in [-0.25, -0.2) is 0 Å². The lowest BCUT2D eigenvalue weighted by Gasteiger charge is -2.12. The minimum Gasteiger partial charge on any atom is -0.488 e. The van der Waals surface area contributed by atoms with Gasteiger partial charge >= 0.3 is 0 Å². The summed E-state index contributed by atoms with van der Waals surface area (Å²) in [5.74, 6) is 0.663. The number of aryl methyl sites for hydroxylation is 1. The van der Waals surface area contributed by atoms with Crippen molar-refractivity contribution in [3.8, 4) is 11.8 Å². The summed E-state index contributed by atoms with van der Waals surface area (Å²) >= 11 is 0. The summed E-state index contributed by atoms with van der Waals surface area (Å²) in [5.41, 5.74) is 3.93. The Labute approximate surface area is 123 Å². The van der Waals surface area contributed by atoms with Gasteiger partial charge in [-0.2, -0.15) is 5.26 Å². The molecule has 0 unspecified atom stereocenters. The average molecular weight is 280 g/mol. The Morgan fingerprint density at radius 2 is 2.05 bits per heavy atom. The van der Waals surface area contributed by atoms with Gasteiger partial charge in [0.25, 0.3) is 0 Å². The van der Waals surface area contributed by atoms with Gasteiger partial charge in [0.2, 0.25) is 0 Å². The van der Waals surface area contributed by atoms with E-state index in [9.17, 15) is 0 Å². The van der Waals surface area contributed by atoms with Gasteiger partial charge in [0.05, 0.1) is 17.3 Å². The maximum atomic E-state index is 8.90. The first-order valence-corrected chi connectivity index (χ1v) is 6.56. The van der Waals surface area contributed by atoms with E-state index >= 15 is 0 Å². The van der Waals surface area contributed by atoms with Crippen molar-refractivity contribution in [1.82, 2.24) is 0 Å². The molecule has 21 heavy (non-hydrogen) atoms. The van der Waals surface area contributed by atoms with Crippen molar-refractivity contribution < 1.29 is 9.94 Å². The highest BCUT2D eigenvalue weighted by molar-refractivity contribution is 6.00. The molecule has 0 saturated heterocycles. The number of hydrogen-bond acceptors (Lipinski definition) is 4. The minimum atomic E-state index is 0.396. The van der Waals surface area contributed by atoms with Crippen molar-refractivity contribution >= 4 is 5.71 Å². The third-order valence-electron chi connectivity index (χ3n) is 3.28. The predicted octanol–water partition coefficient (Wildman–Crippen LogP) is 3.64. The van der Waals surface area contributed by atoms with E-state index in [1.54, 1.807) is 13.0 Å². The van der Waals surface area contributed by atoms with Crippen molar-refractivity contribution in [3.05, 3.63) is 64.7 Å². The Morgan fingerprint density at radius 3 is 2.71 bits per heavy atom. The van der Waals surface area contributed by atoms with Crippen LogP contribution in [-0.4, -0.2) is 10.9 Å². The molecule has 2 aromatic carbocycles. The Morgan fingerprint density at radius 1 is 1.29 bits per heavy atom. The summed E-state index contributed by atoms with van der Waals surface area (Å²) in [7, 11) is 0. The quantitative estimate of drug-likeness (QED) is 0.528. The van der Waals surface area contributed by atoms with Crippen molar-refractivity contribution in [2.24, 2.45) is 5.16 Å². The molecule has 0 aliphatic rings. The first kappa shape index (κ1) is 14.6. The zero-order chi connectivity index (χ0) is 15.2. The lowest BCUT2D eigenvalue weighted by atomic mass is 10.1. The van der Waals surface area contributed by atoms with Crippen LogP contribution in [0.5, 0.6) is 5.75 Å². The van der Waals surface area contributed by atoms with Crippen LogP contribution in [0.4, 0.5) is 0 Å². The molecule has 0 aliphatic carbocycles. The van der Waals surface area contributed by atoms with Crippen molar-refractivity contribution in [2.45, 2.75) is 20.5 Å². The standard InChI is InChI=1S/C17H16N2O2/c1-12-9-14(10-18)7-8-15(12)11-21-17-6-4-3-5-16(17)13(2)19-20/h3-9,20H,11H2,1-2H3/b19-13-. The molecule has 2 rings (SSSR count). The molecular weight excluding hydrogens is 264 g/mol. The zero-order valence-corrected chi connectivity index (χ0v) is 12.0. The molecule has 0 saturated carbocycles. The fourth-order valence-electron chi connectivity index (χ4n) is 2.03. The second-order valence-corrected chi connectivity index (χ2v) is 4.72. The van der Waals surface area contributed by atoms with Gasteiger partial charge in [-0.3, -0.25) is 0 Å². The molecule has 0 bridgehead atoms. The van der Waals surface area contributed by atoms with Gasteiger partial charge in [0.15, 0.2) is 0 Å². The number of hydrogen-bond donors (Lipinski definition) is 1. The smallest absolute Gasteiger partial charge is 0.128 e. The van der Waals surface area contributed by atoms with Gasteiger partial charge in [-0.15, -0.1) is 0 Å². The summed E-state index contributed by atoms with van der Waals surface area (Å²) < 4.78 is 5.83. The van der Waals surface area contributed by atoms with Crippen LogP contribution in [0.2, 0.25) is 0 Å². The largest absolute Gasteiger partial charge is 0.488 e. The van der Waals surface area contributed by atoms with Crippen LogP contribution in [0.25, 0.3) is 0 Å². The number of oxime groups is 1. The number of nitrogens with zero attached hydrogens (tertiary/aromatic N) is 2. The molecule has 0 atom stereocenters. The maximum absolute atomic E-state index is 8.90.